The lowest BCUT2D eigenvalue weighted by Gasteiger charge is -2.33. The van der Waals surface area contributed by atoms with E-state index in [0.29, 0.717) is 11.5 Å². The first-order valence-electron chi connectivity index (χ1n) is 9.74. The molecule has 8 nitrogen and oxygen atoms in total. The fourth-order valence-electron chi connectivity index (χ4n) is 3.07. The summed E-state index contributed by atoms with van der Waals surface area (Å²) in [6.07, 6.45) is 2.80. The van der Waals surface area contributed by atoms with Crippen LogP contribution in [0.4, 0.5) is 16.4 Å². The highest BCUT2D eigenvalue weighted by molar-refractivity contribution is 6.02. The molecule has 3 rings (SSSR count). The second-order valence-corrected chi connectivity index (χ2v) is 7.96. The number of rotatable bonds is 4. The average Bonchev–Trinajstić information content (AvgIpc) is 2.68. The van der Waals surface area contributed by atoms with E-state index in [4.69, 9.17) is 4.74 Å². The first kappa shape index (κ1) is 20.6. The van der Waals surface area contributed by atoms with E-state index in [-0.39, 0.29) is 18.0 Å². The molecule has 0 aliphatic carbocycles. The molecule has 1 aliphatic rings. The molecule has 0 saturated carbocycles. The third-order valence-corrected chi connectivity index (χ3v) is 4.41. The van der Waals surface area contributed by atoms with Gasteiger partial charge in [0.2, 0.25) is 0 Å². The monoisotopic (exact) mass is 397 g/mol. The largest absolute Gasteiger partial charge is 0.444 e. The SMILES string of the molecule is CC(C)(C)OC(=O)NC1CCN(c2cccc(C(=O)Nc3ccccn3)n2)CC1. The molecule has 2 aromatic heterocycles. The van der Waals surface area contributed by atoms with Crippen LogP contribution in [-0.4, -0.2) is 46.7 Å². The number of piperidine rings is 1. The van der Waals surface area contributed by atoms with Crippen molar-refractivity contribution in [2.24, 2.45) is 0 Å². The van der Waals surface area contributed by atoms with E-state index in [1.807, 2.05) is 39.0 Å². The molecule has 2 aromatic rings. The molecular weight excluding hydrogens is 370 g/mol. The molecule has 0 bridgehead atoms. The molecule has 154 valence electrons. The van der Waals surface area contributed by atoms with Crippen LogP contribution in [0.25, 0.3) is 0 Å². The summed E-state index contributed by atoms with van der Waals surface area (Å²) in [5, 5.41) is 5.67. The van der Waals surface area contributed by atoms with Crippen molar-refractivity contribution in [1.29, 1.82) is 0 Å². The van der Waals surface area contributed by atoms with Crippen LogP contribution in [0.3, 0.4) is 0 Å². The quantitative estimate of drug-likeness (QED) is 0.822. The number of alkyl carbamates (subject to hydrolysis) is 1. The molecule has 29 heavy (non-hydrogen) atoms. The zero-order valence-electron chi connectivity index (χ0n) is 17.0. The van der Waals surface area contributed by atoms with Crippen molar-refractivity contribution in [1.82, 2.24) is 15.3 Å². The Morgan fingerprint density at radius 3 is 2.52 bits per heavy atom. The van der Waals surface area contributed by atoms with Crippen LogP contribution < -0.4 is 15.5 Å². The van der Waals surface area contributed by atoms with Crippen LogP contribution in [0, 0.1) is 0 Å². The van der Waals surface area contributed by atoms with Crippen LogP contribution in [0.5, 0.6) is 0 Å². The van der Waals surface area contributed by atoms with Gasteiger partial charge in [-0.1, -0.05) is 12.1 Å². The van der Waals surface area contributed by atoms with Gasteiger partial charge in [-0.3, -0.25) is 4.79 Å². The van der Waals surface area contributed by atoms with E-state index in [1.165, 1.54) is 0 Å². The van der Waals surface area contributed by atoms with Gasteiger partial charge in [-0.15, -0.1) is 0 Å². The number of hydrogen-bond acceptors (Lipinski definition) is 6. The molecule has 0 aromatic carbocycles. The predicted molar refractivity (Wildman–Crippen MR) is 111 cm³/mol. The Kier molecular flexibility index (Phi) is 6.31. The maximum Gasteiger partial charge on any atom is 0.407 e. The van der Waals surface area contributed by atoms with Gasteiger partial charge in [-0.25, -0.2) is 14.8 Å². The van der Waals surface area contributed by atoms with Gasteiger partial charge in [0, 0.05) is 25.3 Å². The number of pyridine rings is 2. The molecule has 2 N–H and O–H groups in total. The van der Waals surface area contributed by atoms with Gasteiger partial charge >= 0.3 is 6.09 Å². The molecule has 0 unspecified atom stereocenters. The van der Waals surface area contributed by atoms with E-state index in [0.717, 1.165) is 31.7 Å². The summed E-state index contributed by atoms with van der Waals surface area (Å²) >= 11 is 0. The first-order chi connectivity index (χ1) is 13.8. The van der Waals surface area contributed by atoms with Crippen LogP contribution >= 0.6 is 0 Å². The van der Waals surface area contributed by atoms with Crippen LogP contribution in [0.2, 0.25) is 0 Å². The lowest BCUT2D eigenvalue weighted by Crippen LogP contribution is -2.46. The van der Waals surface area contributed by atoms with Gasteiger partial charge in [0.05, 0.1) is 0 Å². The molecule has 0 atom stereocenters. The molecule has 1 fully saturated rings. The molecule has 0 radical (unpaired) electrons. The summed E-state index contributed by atoms with van der Waals surface area (Å²) in [5.41, 5.74) is -0.174. The lowest BCUT2D eigenvalue weighted by atomic mass is 10.1. The summed E-state index contributed by atoms with van der Waals surface area (Å²) < 4.78 is 5.32. The Hall–Kier alpha value is -3.16. The van der Waals surface area contributed by atoms with E-state index in [2.05, 4.69) is 25.5 Å². The zero-order chi connectivity index (χ0) is 20.9. The Morgan fingerprint density at radius 2 is 1.86 bits per heavy atom. The van der Waals surface area contributed by atoms with Crippen LogP contribution in [0.1, 0.15) is 44.1 Å². The van der Waals surface area contributed by atoms with Crippen molar-refractivity contribution < 1.29 is 14.3 Å². The van der Waals surface area contributed by atoms with Crippen molar-refractivity contribution in [2.45, 2.75) is 45.3 Å². The van der Waals surface area contributed by atoms with Crippen molar-refractivity contribution in [3.05, 3.63) is 48.3 Å². The predicted octanol–water partition coefficient (Wildman–Crippen LogP) is 3.22. The highest BCUT2D eigenvalue weighted by atomic mass is 16.6. The normalized spacial score (nSPS) is 14.9. The highest BCUT2D eigenvalue weighted by Crippen LogP contribution is 2.19. The first-order valence-corrected chi connectivity index (χ1v) is 9.74. The Labute approximate surface area is 170 Å². The Balaban J connectivity index is 1.55. The minimum Gasteiger partial charge on any atom is -0.444 e. The summed E-state index contributed by atoms with van der Waals surface area (Å²) in [6, 6.07) is 10.8. The van der Waals surface area contributed by atoms with Crippen molar-refractivity contribution >= 4 is 23.6 Å². The van der Waals surface area contributed by atoms with Gasteiger partial charge in [-0.05, 0) is 57.9 Å². The van der Waals surface area contributed by atoms with Gasteiger partial charge in [0.15, 0.2) is 0 Å². The number of nitrogens with one attached hydrogen (secondary N) is 2. The average molecular weight is 397 g/mol. The number of ether oxygens (including phenoxy) is 1. The number of anilines is 2. The van der Waals surface area contributed by atoms with Gasteiger partial charge in [-0.2, -0.15) is 0 Å². The van der Waals surface area contributed by atoms with Crippen LogP contribution in [0.15, 0.2) is 42.6 Å². The summed E-state index contributed by atoms with van der Waals surface area (Å²) in [7, 11) is 0. The number of carbonyl (C=O) groups excluding carboxylic acids is 2. The molecule has 8 heteroatoms. The third kappa shape index (κ3) is 6.17. The fraction of sp³-hybridized carbons (Fsp3) is 0.429. The van der Waals surface area contributed by atoms with Crippen molar-refractivity contribution in [2.75, 3.05) is 23.3 Å². The maximum atomic E-state index is 12.4. The maximum absolute atomic E-state index is 12.4. The standard InChI is InChI=1S/C21H27N5O3/c1-21(2,3)29-20(28)23-15-10-13-26(14-11-15)18-9-6-7-16(24-18)19(27)25-17-8-4-5-12-22-17/h4-9,12,15H,10-11,13-14H2,1-3H3,(H,23,28)(H,22,25,27). The Bertz CT molecular complexity index is 843. The third-order valence-electron chi connectivity index (χ3n) is 4.41. The smallest absolute Gasteiger partial charge is 0.407 e. The van der Waals surface area contributed by atoms with Gasteiger partial charge in [0.1, 0.15) is 22.9 Å². The minimum atomic E-state index is -0.509. The number of amides is 2. The van der Waals surface area contributed by atoms with E-state index >= 15 is 0 Å². The topological polar surface area (TPSA) is 96.5 Å². The second kappa shape index (κ2) is 8.89. The number of carbonyl (C=O) groups is 2. The summed E-state index contributed by atoms with van der Waals surface area (Å²) in [4.78, 5) is 35.1. The zero-order valence-corrected chi connectivity index (χ0v) is 17.0. The van der Waals surface area contributed by atoms with Crippen molar-refractivity contribution in [3.63, 3.8) is 0 Å². The second-order valence-electron chi connectivity index (χ2n) is 7.96. The molecule has 2 amide bonds. The van der Waals surface area contributed by atoms with Gasteiger partial charge in [0.25, 0.3) is 5.91 Å². The summed E-state index contributed by atoms with van der Waals surface area (Å²) in [6.45, 7) is 7.01. The molecule has 3 heterocycles. The number of nitrogens with zero attached hydrogens (tertiary/aromatic N) is 3. The molecule has 1 aliphatic heterocycles. The van der Waals surface area contributed by atoms with Crippen molar-refractivity contribution in [3.8, 4) is 0 Å². The number of aromatic nitrogens is 2. The molecule has 0 spiro atoms. The van der Waals surface area contributed by atoms with E-state index in [9.17, 15) is 9.59 Å². The van der Waals surface area contributed by atoms with Crippen LogP contribution in [-0.2, 0) is 4.74 Å². The molecular formula is C21H27N5O3. The summed E-state index contributed by atoms with van der Waals surface area (Å²) in [5.74, 6) is 0.931. The van der Waals surface area contributed by atoms with Gasteiger partial charge < -0.3 is 20.3 Å². The molecule has 1 saturated heterocycles. The highest BCUT2D eigenvalue weighted by Gasteiger charge is 2.24. The van der Waals surface area contributed by atoms with E-state index in [1.54, 1.807) is 24.4 Å². The number of hydrogen-bond donors (Lipinski definition) is 2. The van der Waals surface area contributed by atoms with E-state index < -0.39 is 5.60 Å². The fourth-order valence-corrected chi connectivity index (χ4v) is 3.07. The minimum absolute atomic E-state index is 0.0664. The Morgan fingerprint density at radius 1 is 1.10 bits per heavy atom. The lowest BCUT2D eigenvalue weighted by molar-refractivity contribution is 0.0497.